The average molecular weight is 259 g/mol. The molecule has 1 aromatic carbocycles. The van der Waals surface area contributed by atoms with E-state index in [1.165, 1.54) is 5.52 Å². The number of hydrogen-bond acceptors (Lipinski definition) is 2. The van der Waals surface area contributed by atoms with Crippen molar-refractivity contribution in [3.63, 3.8) is 0 Å². The molecule has 0 saturated carbocycles. The standard InChI is InChI=1S/C16H21NO2/c1-12(2)19-16-8-4-7-15-14(16)9-11-17(15)10-5-6-13(3)18/h4,7-9,11-12H,5-6,10H2,1-3H3. The molecule has 0 amide bonds. The third-order valence-electron chi connectivity index (χ3n) is 3.06. The van der Waals surface area contributed by atoms with Crippen molar-refractivity contribution < 1.29 is 9.53 Å². The number of aryl methyl sites for hydroxylation is 1. The Hall–Kier alpha value is -1.77. The van der Waals surface area contributed by atoms with E-state index in [1.54, 1.807) is 6.92 Å². The van der Waals surface area contributed by atoms with E-state index in [4.69, 9.17) is 4.74 Å². The fourth-order valence-electron chi connectivity index (χ4n) is 2.25. The van der Waals surface area contributed by atoms with Crippen molar-refractivity contribution in [2.45, 2.75) is 46.3 Å². The molecule has 0 spiro atoms. The highest BCUT2D eigenvalue weighted by atomic mass is 16.5. The molecule has 2 aromatic rings. The number of aromatic nitrogens is 1. The molecule has 1 aromatic heterocycles. The minimum atomic E-state index is 0.173. The lowest BCUT2D eigenvalue weighted by Gasteiger charge is -2.11. The molecule has 0 aliphatic carbocycles. The zero-order chi connectivity index (χ0) is 13.8. The van der Waals surface area contributed by atoms with Crippen molar-refractivity contribution in [2.24, 2.45) is 0 Å². The Labute approximate surface area is 114 Å². The summed E-state index contributed by atoms with van der Waals surface area (Å²) in [6, 6.07) is 8.20. The molecule has 0 radical (unpaired) electrons. The van der Waals surface area contributed by atoms with Crippen molar-refractivity contribution in [1.82, 2.24) is 4.57 Å². The SMILES string of the molecule is CC(=O)CCCn1ccc2c(OC(C)C)cccc21. The van der Waals surface area contributed by atoms with E-state index < -0.39 is 0 Å². The largest absolute Gasteiger partial charge is 0.490 e. The Balaban J connectivity index is 2.20. The van der Waals surface area contributed by atoms with Crippen LogP contribution in [0.25, 0.3) is 10.9 Å². The first kappa shape index (κ1) is 13.7. The summed E-state index contributed by atoms with van der Waals surface area (Å²) in [5, 5.41) is 1.14. The lowest BCUT2D eigenvalue weighted by atomic mass is 10.2. The maximum Gasteiger partial charge on any atom is 0.129 e. The van der Waals surface area contributed by atoms with Gasteiger partial charge in [0.2, 0.25) is 0 Å². The molecule has 0 N–H and O–H groups in total. The van der Waals surface area contributed by atoms with E-state index in [1.807, 2.05) is 26.0 Å². The van der Waals surface area contributed by atoms with Crippen LogP contribution in [0.1, 0.15) is 33.6 Å². The number of carbonyl (C=O) groups excluding carboxylic acids is 1. The fourth-order valence-corrected chi connectivity index (χ4v) is 2.25. The van der Waals surface area contributed by atoms with E-state index in [-0.39, 0.29) is 11.9 Å². The molecule has 3 nitrogen and oxygen atoms in total. The van der Waals surface area contributed by atoms with Crippen molar-refractivity contribution in [3.8, 4) is 5.75 Å². The van der Waals surface area contributed by atoms with Gasteiger partial charge in [-0.3, -0.25) is 0 Å². The molecule has 0 fully saturated rings. The zero-order valence-electron chi connectivity index (χ0n) is 11.8. The molecular weight excluding hydrogens is 238 g/mol. The number of benzene rings is 1. The van der Waals surface area contributed by atoms with E-state index >= 15 is 0 Å². The van der Waals surface area contributed by atoms with Gasteiger partial charge in [-0.05, 0) is 45.4 Å². The minimum absolute atomic E-state index is 0.173. The summed E-state index contributed by atoms with van der Waals surface area (Å²) in [5.74, 6) is 1.18. The van der Waals surface area contributed by atoms with Crippen LogP contribution in [-0.2, 0) is 11.3 Å². The van der Waals surface area contributed by atoms with Crippen LogP contribution in [0.3, 0.4) is 0 Å². The Morgan fingerprint density at radius 3 is 2.79 bits per heavy atom. The van der Waals surface area contributed by atoms with Gasteiger partial charge in [-0.2, -0.15) is 0 Å². The van der Waals surface area contributed by atoms with Crippen LogP contribution in [0.5, 0.6) is 5.75 Å². The second-order valence-electron chi connectivity index (χ2n) is 5.17. The molecule has 1 heterocycles. The highest BCUT2D eigenvalue weighted by Crippen LogP contribution is 2.27. The average Bonchev–Trinajstić information content (AvgIpc) is 2.73. The number of ketones is 1. The lowest BCUT2D eigenvalue weighted by molar-refractivity contribution is -0.117. The van der Waals surface area contributed by atoms with Gasteiger partial charge in [-0.1, -0.05) is 6.07 Å². The molecule has 0 bridgehead atoms. The first-order valence-corrected chi connectivity index (χ1v) is 6.82. The second-order valence-corrected chi connectivity index (χ2v) is 5.17. The Kier molecular flexibility index (Phi) is 4.25. The van der Waals surface area contributed by atoms with Gasteiger partial charge in [0.15, 0.2) is 0 Å². The van der Waals surface area contributed by atoms with E-state index in [2.05, 4.69) is 22.9 Å². The number of rotatable bonds is 6. The first-order valence-electron chi connectivity index (χ1n) is 6.82. The fraction of sp³-hybridized carbons (Fsp3) is 0.438. The van der Waals surface area contributed by atoms with Crippen LogP contribution in [0.15, 0.2) is 30.5 Å². The van der Waals surface area contributed by atoms with Gasteiger partial charge in [0.05, 0.1) is 11.6 Å². The predicted octanol–water partition coefficient (Wildman–Crippen LogP) is 3.80. The molecular formula is C16H21NO2. The van der Waals surface area contributed by atoms with Gasteiger partial charge in [-0.25, -0.2) is 0 Å². The molecule has 0 atom stereocenters. The second kappa shape index (κ2) is 5.91. The van der Waals surface area contributed by atoms with Crippen LogP contribution in [0.2, 0.25) is 0 Å². The maximum atomic E-state index is 11.0. The normalized spacial score (nSPS) is 11.2. The van der Waals surface area contributed by atoms with Crippen LogP contribution < -0.4 is 4.74 Å². The van der Waals surface area contributed by atoms with Crippen molar-refractivity contribution in [3.05, 3.63) is 30.5 Å². The monoisotopic (exact) mass is 259 g/mol. The third kappa shape index (κ3) is 3.37. The lowest BCUT2D eigenvalue weighted by Crippen LogP contribution is -2.05. The number of carbonyl (C=O) groups is 1. The molecule has 0 unspecified atom stereocenters. The van der Waals surface area contributed by atoms with Gasteiger partial charge in [0.25, 0.3) is 0 Å². The summed E-state index contributed by atoms with van der Waals surface area (Å²) < 4.78 is 8.00. The van der Waals surface area contributed by atoms with Gasteiger partial charge >= 0.3 is 0 Å². The summed E-state index contributed by atoms with van der Waals surface area (Å²) in [7, 11) is 0. The summed E-state index contributed by atoms with van der Waals surface area (Å²) in [4.78, 5) is 11.0. The maximum absolute atomic E-state index is 11.0. The van der Waals surface area contributed by atoms with Gasteiger partial charge in [-0.15, -0.1) is 0 Å². The number of Topliss-reactive ketones (excluding diaryl/α,β-unsaturated/α-hetero) is 1. The van der Waals surface area contributed by atoms with Crippen LogP contribution >= 0.6 is 0 Å². The summed E-state index contributed by atoms with van der Waals surface area (Å²) >= 11 is 0. The smallest absolute Gasteiger partial charge is 0.129 e. The van der Waals surface area contributed by atoms with Crippen molar-refractivity contribution in [1.29, 1.82) is 0 Å². The van der Waals surface area contributed by atoms with Crippen LogP contribution in [-0.4, -0.2) is 16.5 Å². The number of nitrogens with zero attached hydrogens (tertiary/aromatic N) is 1. The summed E-state index contributed by atoms with van der Waals surface area (Å²) in [6.45, 7) is 6.57. The highest BCUT2D eigenvalue weighted by molar-refractivity contribution is 5.86. The van der Waals surface area contributed by atoms with Gasteiger partial charge in [0.1, 0.15) is 11.5 Å². The first-order chi connectivity index (χ1) is 9.08. The Morgan fingerprint density at radius 2 is 2.11 bits per heavy atom. The topological polar surface area (TPSA) is 31.2 Å². The van der Waals surface area contributed by atoms with Crippen molar-refractivity contribution in [2.75, 3.05) is 0 Å². The molecule has 0 saturated heterocycles. The minimum Gasteiger partial charge on any atom is -0.490 e. The van der Waals surface area contributed by atoms with Gasteiger partial charge in [0, 0.05) is 24.5 Å². The highest BCUT2D eigenvalue weighted by Gasteiger charge is 2.07. The summed E-state index contributed by atoms with van der Waals surface area (Å²) in [5.41, 5.74) is 1.17. The molecule has 0 aliphatic rings. The molecule has 3 heteroatoms. The van der Waals surface area contributed by atoms with E-state index in [0.717, 1.165) is 24.1 Å². The van der Waals surface area contributed by atoms with Crippen LogP contribution in [0.4, 0.5) is 0 Å². The Morgan fingerprint density at radius 1 is 1.32 bits per heavy atom. The molecule has 102 valence electrons. The summed E-state index contributed by atoms with van der Waals surface area (Å²) in [6.07, 6.45) is 3.76. The number of ether oxygens (including phenoxy) is 1. The third-order valence-corrected chi connectivity index (χ3v) is 3.06. The van der Waals surface area contributed by atoms with E-state index in [0.29, 0.717) is 6.42 Å². The number of fused-ring (bicyclic) bond motifs is 1. The molecule has 2 rings (SSSR count). The zero-order valence-corrected chi connectivity index (χ0v) is 11.8. The molecule has 0 aliphatic heterocycles. The van der Waals surface area contributed by atoms with Crippen LogP contribution in [0, 0.1) is 0 Å². The number of hydrogen-bond donors (Lipinski definition) is 0. The van der Waals surface area contributed by atoms with E-state index in [9.17, 15) is 4.79 Å². The molecule has 19 heavy (non-hydrogen) atoms. The van der Waals surface area contributed by atoms with Crippen molar-refractivity contribution >= 4 is 16.7 Å². The van der Waals surface area contributed by atoms with Gasteiger partial charge < -0.3 is 14.1 Å². The Bertz CT molecular complexity index is 569. The quantitative estimate of drug-likeness (QED) is 0.790. The predicted molar refractivity (Wildman–Crippen MR) is 77.6 cm³/mol.